The zero-order valence-corrected chi connectivity index (χ0v) is 19.9. The van der Waals surface area contributed by atoms with Crippen LogP contribution in [0.4, 0.5) is 15.8 Å². The van der Waals surface area contributed by atoms with Gasteiger partial charge in [-0.3, -0.25) is 14.6 Å². The van der Waals surface area contributed by atoms with E-state index in [-0.39, 0.29) is 11.1 Å². The highest BCUT2D eigenvalue weighted by Crippen LogP contribution is 2.27. The summed E-state index contributed by atoms with van der Waals surface area (Å²) >= 11 is 0. The van der Waals surface area contributed by atoms with Gasteiger partial charge in [0.2, 0.25) is 5.56 Å². The van der Waals surface area contributed by atoms with Crippen LogP contribution < -0.4 is 16.2 Å². The fourth-order valence-electron chi connectivity index (χ4n) is 3.48. The summed E-state index contributed by atoms with van der Waals surface area (Å²) in [6, 6.07) is 11.9. The van der Waals surface area contributed by atoms with Crippen LogP contribution in [0, 0.1) is 11.3 Å². The largest absolute Gasteiger partial charge is 0.387 e. The lowest BCUT2D eigenvalue weighted by Crippen LogP contribution is -2.42. The van der Waals surface area contributed by atoms with Crippen molar-refractivity contribution in [1.29, 1.82) is 5.26 Å². The van der Waals surface area contributed by atoms with Crippen LogP contribution in [0.2, 0.25) is 0 Å². The lowest BCUT2D eigenvalue weighted by Gasteiger charge is -2.22. The van der Waals surface area contributed by atoms with Gasteiger partial charge in [-0.25, -0.2) is 8.91 Å². The van der Waals surface area contributed by atoms with E-state index in [1.807, 2.05) is 6.07 Å². The van der Waals surface area contributed by atoms with Crippen LogP contribution in [0.5, 0.6) is 0 Å². The van der Waals surface area contributed by atoms with Crippen LogP contribution in [-0.4, -0.2) is 48.5 Å². The van der Waals surface area contributed by atoms with Gasteiger partial charge in [0.1, 0.15) is 12.2 Å². The Labute approximate surface area is 205 Å². The molecule has 0 saturated carbocycles. The smallest absolute Gasteiger partial charge is 0.255 e. The standard InChI is InChI=1S/C25H24FN7O3/c1-25(2,36)22(26)13-29-24(35)18-12-28-20(9-19(18)31-16-4-7-23(34)32(3)14-16)21-6-5-17-8-15(10-27)11-30-33(17)21/h4-9,11-12,14,22,36H,13H2,1-3H3,(H,28,31)(H,29,35)/t22-/m1/s1. The number of alkyl halides is 1. The number of nitrogens with zero attached hydrogens (tertiary/aromatic N) is 5. The number of aliphatic hydroxyl groups is 1. The molecule has 0 spiro atoms. The Bertz CT molecular complexity index is 1550. The second-order valence-electron chi connectivity index (χ2n) is 8.85. The van der Waals surface area contributed by atoms with Crippen LogP contribution in [0.3, 0.4) is 0 Å². The molecule has 0 aliphatic rings. The van der Waals surface area contributed by atoms with Crippen molar-refractivity contribution in [2.24, 2.45) is 7.05 Å². The van der Waals surface area contributed by atoms with Gasteiger partial charge in [-0.15, -0.1) is 0 Å². The van der Waals surface area contributed by atoms with E-state index in [1.165, 1.54) is 36.9 Å². The number of pyridine rings is 2. The van der Waals surface area contributed by atoms with Crippen molar-refractivity contribution in [2.75, 3.05) is 11.9 Å². The molecule has 3 N–H and O–H groups in total. The van der Waals surface area contributed by atoms with Gasteiger partial charge in [-0.2, -0.15) is 10.4 Å². The number of carbonyl (C=O) groups is 1. The topological polar surface area (TPSA) is 137 Å². The van der Waals surface area contributed by atoms with E-state index in [9.17, 15) is 19.1 Å². The minimum absolute atomic E-state index is 0.135. The number of aromatic nitrogens is 4. The molecule has 0 aromatic carbocycles. The van der Waals surface area contributed by atoms with Crippen LogP contribution in [-0.2, 0) is 7.05 Å². The lowest BCUT2D eigenvalue weighted by molar-refractivity contribution is -0.00177. The minimum Gasteiger partial charge on any atom is -0.387 e. The molecule has 4 aromatic rings. The van der Waals surface area contributed by atoms with Crippen molar-refractivity contribution in [1.82, 2.24) is 24.5 Å². The van der Waals surface area contributed by atoms with E-state index < -0.39 is 24.2 Å². The molecule has 4 rings (SSSR count). The quantitative estimate of drug-likeness (QED) is 0.363. The molecule has 11 heteroatoms. The molecule has 4 aromatic heterocycles. The summed E-state index contributed by atoms with van der Waals surface area (Å²) in [6.45, 7) is 2.25. The number of aryl methyl sites for hydroxylation is 1. The first-order valence-corrected chi connectivity index (χ1v) is 11.0. The Morgan fingerprint density at radius 1 is 1.25 bits per heavy atom. The van der Waals surface area contributed by atoms with E-state index in [2.05, 4.69) is 20.7 Å². The SMILES string of the molecule is Cn1cc(Nc2cc(-c3ccc4cc(C#N)cnn34)ncc2C(=O)NC[C@@H](F)C(C)(C)O)ccc1=O. The predicted octanol–water partition coefficient (Wildman–Crippen LogP) is 2.55. The van der Waals surface area contributed by atoms with Gasteiger partial charge in [0, 0.05) is 25.5 Å². The fraction of sp³-hybridized carbons (Fsp3) is 0.240. The Morgan fingerprint density at radius 3 is 2.72 bits per heavy atom. The van der Waals surface area contributed by atoms with Gasteiger partial charge < -0.3 is 20.3 Å². The third-order valence-electron chi connectivity index (χ3n) is 5.61. The second kappa shape index (κ2) is 9.59. The predicted molar refractivity (Wildman–Crippen MR) is 132 cm³/mol. The first-order valence-electron chi connectivity index (χ1n) is 11.0. The Morgan fingerprint density at radius 2 is 2.03 bits per heavy atom. The van der Waals surface area contributed by atoms with Gasteiger partial charge >= 0.3 is 0 Å². The van der Waals surface area contributed by atoms with Crippen LogP contribution in [0.1, 0.15) is 29.8 Å². The van der Waals surface area contributed by atoms with Gasteiger partial charge in [0.15, 0.2) is 0 Å². The lowest BCUT2D eigenvalue weighted by atomic mass is 10.0. The van der Waals surface area contributed by atoms with Gasteiger partial charge in [-0.05, 0) is 44.2 Å². The first kappa shape index (κ1) is 24.6. The summed E-state index contributed by atoms with van der Waals surface area (Å²) < 4.78 is 17.2. The third kappa shape index (κ3) is 5.08. The van der Waals surface area contributed by atoms with Crippen LogP contribution >= 0.6 is 0 Å². The number of amides is 1. The number of hydrogen-bond acceptors (Lipinski definition) is 7. The van der Waals surface area contributed by atoms with Crippen molar-refractivity contribution in [3.8, 4) is 17.5 Å². The number of fused-ring (bicyclic) bond motifs is 1. The molecule has 10 nitrogen and oxygen atoms in total. The highest BCUT2D eigenvalue weighted by atomic mass is 19.1. The summed E-state index contributed by atoms with van der Waals surface area (Å²) in [6.07, 6.45) is 2.70. The maximum absolute atomic E-state index is 14.2. The highest BCUT2D eigenvalue weighted by Gasteiger charge is 2.27. The van der Waals surface area contributed by atoms with Crippen molar-refractivity contribution in [2.45, 2.75) is 25.6 Å². The van der Waals surface area contributed by atoms with E-state index in [0.717, 1.165) is 0 Å². The average molecular weight is 490 g/mol. The minimum atomic E-state index is -1.68. The zero-order valence-electron chi connectivity index (χ0n) is 19.9. The second-order valence-corrected chi connectivity index (χ2v) is 8.85. The molecule has 4 heterocycles. The molecule has 0 aliphatic carbocycles. The number of nitrogens with one attached hydrogen (secondary N) is 2. The third-order valence-corrected chi connectivity index (χ3v) is 5.61. The molecule has 1 amide bonds. The monoisotopic (exact) mass is 489 g/mol. The van der Waals surface area contributed by atoms with Crippen molar-refractivity contribution in [3.63, 3.8) is 0 Å². The van der Waals surface area contributed by atoms with Gasteiger partial charge in [0.25, 0.3) is 5.91 Å². The van der Waals surface area contributed by atoms with Crippen molar-refractivity contribution >= 4 is 22.8 Å². The molecular weight excluding hydrogens is 465 g/mol. The Balaban J connectivity index is 1.73. The molecule has 0 unspecified atom stereocenters. The fourth-order valence-corrected chi connectivity index (χ4v) is 3.48. The average Bonchev–Trinajstić information content (AvgIpc) is 3.27. The summed E-state index contributed by atoms with van der Waals surface area (Å²) in [5.74, 6) is -0.593. The molecule has 36 heavy (non-hydrogen) atoms. The van der Waals surface area contributed by atoms with E-state index in [1.54, 1.807) is 48.1 Å². The Kier molecular flexibility index (Phi) is 6.55. The molecule has 184 valence electrons. The summed E-state index contributed by atoms with van der Waals surface area (Å²) in [4.78, 5) is 29.1. The van der Waals surface area contributed by atoms with Crippen molar-refractivity contribution in [3.05, 3.63) is 76.5 Å². The maximum Gasteiger partial charge on any atom is 0.255 e. The molecule has 0 radical (unpaired) electrons. The summed E-state index contributed by atoms with van der Waals surface area (Å²) in [7, 11) is 1.60. The number of nitriles is 1. The van der Waals surface area contributed by atoms with E-state index in [0.29, 0.717) is 33.8 Å². The maximum atomic E-state index is 14.2. The van der Waals surface area contributed by atoms with Crippen LogP contribution in [0.25, 0.3) is 16.9 Å². The molecule has 1 atom stereocenters. The summed E-state index contributed by atoms with van der Waals surface area (Å²) in [5.41, 5.74) is 1.44. The first-order chi connectivity index (χ1) is 17.1. The van der Waals surface area contributed by atoms with Crippen molar-refractivity contribution < 1.29 is 14.3 Å². The van der Waals surface area contributed by atoms with E-state index >= 15 is 0 Å². The number of hydrogen-bond donors (Lipinski definition) is 3. The van der Waals surface area contributed by atoms with Crippen LogP contribution in [0.15, 0.2) is 59.8 Å². The molecular formula is C25H24FN7O3. The normalized spacial score (nSPS) is 12.2. The molecule has 0 fully saturated rings. The summed E-state index contributed by atoms with van der Waals surface area (Å²) in [5, 5.41) is 28.9. The Hall–Kier alpha value is -4.56. The number of carbonyl (C=O) groups excluding carboxylic acids is 1. The highest BCUT2D eigenvalue weighted by molar-refractivity contribution is 6.00. The number of anilines is 2. The van der Waals surface area contributed by atoms with E-state index in [4.69, 9.17) is 5.26 Å². The number of rotatable bonds is 7. The zero-order chi connectivity index (χ0) is 26.0. The molecule has 0 saturated heterocycles. The number of halogens is 1. The van der Waals surface area contributed by atoms with Gasteiger partial charge in [-0.1, -0.05) is 0 Å². The molecule has 0 aliphatic heterocycles. The molecule has 0 bridgehead atoms. The van der Waals surface area contributed by atoms with Gasteiger partial charge in [0.05, 0.1) is 57.7 Å².